The van der Waals surface area contributed by atoms with Crippen LogP contribution in [-0.2, 0) is 9.84 Å². The van der Waals surface area contributed by atoms with Crippen molar-refractivity contribution in [1.29, 1.82) is 0 Å². The minimum atomic E-state index is -2.84. The van der Waals surface area contributed by atoms with Crippen LogP contribution in [0.1, 0.15) is 0 Å². The summed E-state index contributed by atoms with van der Waals surface area (Å²) >= 11 is 5.61. The SMILES string of the molecule is [NH3+][C@@H]1CS(=O)(=O)C[C@H]1Cl. The molecular formula is C4H9ClNO2S+. The summed E-state index contributed by atoms with van der Waals surface area (Å²) in [6.45, 7) is 0. The minimum absolute atomic E-state index is 0.0999. The van der Waals surface area contributed by atoms with E-state index in [9.17, 15) is 8.42 Å². The van der Waals surface area contributed by atoms with Gasteiger partial charge in [0, 0.05) is 0 Å². The molecule has 3 nitrogen and oxygen atoms in total. The third-order valence-electron chi connectivity index (χ3n) is 1.39. The largest absolute Gasteiger partial charge is 0.353 e. The molecule has 0 bridgehead atoms. The van der Waals surface area contributed by atoms with Crippen molar-refractivity contribution in [2.24, 2.45) is 0 Å². The van der Waals surface area contributed by atoms with Gasteiger partial charge in [-0.3, -0.25) is 0 Å². The molecular weight excluding hydrogens is 162 g/mol. The Labute approximate surface area is 59.1 Å². The molecule has 54 valence electrons. The molecule has 5 heteroatoms. The van der Waals surface area contributed by atoms with Gasteiger partial charge in [-0.1, -0.05) is 0 Å². The number of sulfone groups is 1. The van der Waals surface area contributed by atoms with Crippen LogP contribution in [0.25, 0.3) is 0 Å². The van der Waals surface area contributed by atoms with E-state index in [-0.39, 0.29) is 22.9 Å². The maximum absolute atomic E-state index is 10.7. The van der Waals surface area contributed by atoms with E-state index in [0.29, 0.717) is 0 Å². The first kappa shape index (κ1) is 7.31. The Morgan fingerprint density at radius 2 is 2.00 bits per heavy atom. The maximum atomic E-state index is 10.7. The molecule has 0 aliphatic carbocycles. The van der Waals surface area contributed by atoms with Crippen molar-refractivity contribution in [1.82, 2.24) is 0 Å². The number of halogens is 1. The van der Waals surface area contributed by atoms with E-state index in [1.807, 2.05) is 0 Å². The van der Waals surface area contributed by atoms with E-state index in [0.717, 1.165) is 0 Å². The van der Waals surface area contributed by atoms with Gasteiger partial charge in [0.05, 0.1) is 5.75 Å². The van der Waals surface area contributed by atoms with Gasteiger partial charge in [0.1, 0.15) is 17.2 Å². The molecule has 1 aliphatic rings. The third kappa shape index (κ3) is 1.56. The molecule has 0 aromatic rings. The number of alkyl halides is 1. The molecule has 0 aromatic heterocycles. The normalized spacial score (nSPS) is 41.1. The van der Waals surface area contributed by atoms with Crippen molar-refractivity contribution in [3.8, 4) is 0 Å². The summed E-state index contributed by atoms with van der Waals surface area (Å²) in [5, 5.41) is -0.269. The lowest BCUT2D eigenvalue weighted by atomic mass is 10.3. The molecule has 0 amide bonds. The predicted octanol–water partition coefficient (Wildman–Crippen LogP) is -1.37. The Balaban J connectivity index is 2.77. The van der Waals surface area contributed by atoms with E-state index >= 15 is 0 Å². The zero-order valence-electron chi connectivity index (χ0n) is 4.88. The Kier molecular flexibility index (Phi) is 1.71. The first-order chi connectivity index (χ1) is 4.01. The molecule has 0 saturated carbocycles. The van der Waals surface area contributed by atoms with Crippen LogP contribution in [0.3, 0.4) is 0 Å². The van der Waals surface area contributed by atoms with Crippen LogP contribution in [0.4, 0.5) is 0 Å². The first-order valence-electron chi connectivity index (χ1n) is 2.69. The van der Waals surface area contributed by atoms with Gasteiger partial charge in [-0.15, -0.1) is 11.6 Å². The lowest BCUT2D eigenvalue weighted by molar-refractivity contribution is -0.409. The van der Waals surface area contributed by atoms with Gasteiger partial charge in [-0.2, -0.15) is 0 Å². The maximum Gasteiger partial charge on any atom is 0.157 e. The Hall–Kier alpha value is 0.200. The summed E-state index contributed by atoms with van der Waals surface area (Å²) in [6.07, 6.45) is 0. The van der Waals surface area contributed by atoms with Crippen molar-refractivity contribution in [3.05, 3.63) is 0 Å². The van der Waals surface area contributed by atoms with Crippen molar-refractivity contribution >= 4 is 21.4 Å². The molecule has 0 spiro atoms. The first-order valence-corrected chi connectivity index (χ1v) is 4.94. The highest BCUT2D eigenvalue weighted by atomic mass is 35.5. The van der Waals surface area contributed by atoms with E-state index in [2.05, 4.69) is 5.73 Å². The summed E-state index contributed by atoms with van der Waals surface area (Å²) in [6, 6.07) is -0.114. The Morgan fingerprint density at radius 1 is 1.44 bits per heavy atom. The zero-order valence-corrected chi connectivity index (χ0v) is 6.45. The van der Waals surface area contributed by atoms with Gasteiger partial charge in [-0.05, 0) is 0 Å². The van der Waals surface area contributed by atoms with Gasteiger partial charge in [0.2, 0.25) is 0 Å². The van der Waals surface area contributed by atoms with Gasteiger partial charge >= 0.3 is 0 Å². The molecule has 1 heterocycles. The summed E-state index contributed by atoms with van der Waals surface area (Å²) in [7, 11) is -2.84. The highest BCUT2D eigenvalue weighted by molar-refractivity contribution is 7.91. The van der Waals surface area contributed by atoms with Crippen LogP contribution >= 0.6 is 11.6 Å². The third-order valence-corrected chi connectivity index (χ3v) is 3.89. The van der Waals surface area contributed by atoms with Gasteiger partial charge in [-0.25, -0.2) is 8.42 Å². The topological polar surface area (TPSA) is 61.8 Å². The second kappa shape index (κ2) is 2.11. The van der Waals surface area contributed by atoms with E-state index in [1.165, 1.54) is 0 Å². The molecule has 1 aliphatic heterocycles. The zero-order chi connectivity index (χ0) is 7.07. The summed E-state index contributed by atoms with van der Waals surface area (Å²) in [5.74, 6) is 0.254. The van der Waals surface area contributed by atoms with Crippen LogP contribution in [0.2, 0.25) is 0 Å². The van der Waals surface area contributed by atoms with Crippen molar-refractivity contribution in [2.45, 2.75) is 11.4 Å². The fourth-order valence-electron chi connectivity index (χ4n) is 0.877. The number of hydrogen-bond acceptors (Lipinski definition) is 2. The average molecular weight is 171 g/mol. The highest BCUT2D eigenvalue weighted by Gasteiger charge is 2.36. The van der Waals surface area contributed by atoms with Crippen LogP contribution in [0.15, 0.2) is 0 Å². The molecule has 3 N–H and O–H groups in total. The van der Waals surface area contributed by atoms with Crippen molar-refractivity contribution < 1.29 is 14.2 Å². The molecule has 1 fully saturated rings. The lowest BCUT2D eigenvalue weighted by Crippen LogP contribution is -2.65. The molecule has 0 radical (unpaired) electrons. The number of quaternary nitrogens is 1. The Morgan fingerprint density at radius 3 is 2.11 bits per heavy atom. The number of hydrogen-bond donors (Lipinski definition) is 1. The smallest absolute Gasteiger partial charge is 0.157 e. The molecule has 0 aromatic carbocycles. The molecule has 1 saturated heterocycles. The standard InChI is InChI=1S/C4H8ClNO2S/c5-3-1-9(7,8)2-4(3)6/h3-4H,1-2,6H2/p+1/t3-,4-/m1/s1. The van der Waals surface area contributed by atoms with Crippen LogP contribution < -0.4 is 5.73 Å². The van der Waals surface area contributed by atoms with E-state index < -0.39 is 9.84 Å². The molecule has 1 rings (SSSR count). The van der Waals surface area contributed by atoms with E-state index in [4.69, 9.17) is 11.6 Å². The van der Waals surface area contributed by atoms with Gasteiger partial charge in [0.25, 0.3) is 0 Å². The second-order valence-electron chi connectivity index (χ2n) is 2.35. The molecule has 9 heavy (non-hydrogen) atoms. The van der Waals surface area contributed by atoms with Crippen molar-refractivity contribution in [3.63, 3.8) is 0 Å². The quantitative estimate of drug-likeness (QED) is 0.456. The lowest BCUT2D eigenvalue weighted by Gasteiger charge is -1.96. The van der Waals surface area contributed by atoms with E-state index in [1.54, 1.807) is 0 Å². The summed E-state index contributed by atoms with van der Waals surface area (Å²) < 4.78 is 21.5. The average Bonchev–Trinajstić information content (AvgIpc) is 1.79. The Bertz CT molecular complexity index is 185. The molecule has 2 atom stereocenters. The van der Waals surface area contributed by atoms with Gasteiger partial charge < -0.3 is 5.73 Å². The highest BCUT2D eigenvalue weighted by Crippen LogP contribution is 2.14. The fraction of sp³-hybridized carbons (Fsp3) is 1.00. The summed E-state index contributed by atoms with van der Waals surface area (Å²) in [5.41, 5.74) is 3.60. The van der Waals surface area contributed by atoms with Crippen LogP contribution in [0.5, 0.6) is 0 Å². The predicted molar refractivity (Wildman–Crippen MR) is 35.0 cm³/mol. The molecule has 0 unspecified atom stereocenters. The van der Waals surface area contributed by atoms with Crippen LogP contribution in [0, 0.1) is 0 Å². The second-order valence-corrected chi connectivity index (χ2v) is 5.07. The summed E-state index contributed by atoms with van der Waals surface area (Å²) in [4.78, 5) is 0. The van der Waals surface area contributed by atoms with Crippen LogP contribution in [-0.4, -0.2) is 31.3 Å². The van der Waals surface area contributed by atoms with Gasteiger partial charge in [0.15, 0.2) is 9.84 Å². The minimum Gasteiger partial charge on any atom is -0.353 e. The number of rotatable bonds is 0. The monoisotopic (exact) mass is 170 g/mol. The fourth-order valence-corrected chi connectivity index (χ4v) is 3.43. The van der Waals surface area contributed by atoms with Crippen molar-refractivity contribution in [2.75, 3.05) is 11.5 Å².